The number of carbonyl (C=O) groups excluding carboxylic acids is 1. The molecule has 1 N–H and O–H groups in total. The SMILES string of the molecule is COC(=O)c1ccc(S(=O)(=O)Nc2cccc(-c3cnco3)c2)cc1. The molecule has 0 bridgehead atoms. The molecule has 0 aliphatic rings. The van der Waals surface area contributed by atoms with Gasteiger partial charge in [-0.3, -0.25) is 4.72 Å². The van der Waals surface area contributed by atoms with E-state index in [2.05, 4.69) is 14.4 Å². The highest BCUT2D eigenvalue weighted by Crippen LogP contribution is 2.24. The molecule has 0 unspecified atom stereocenters. The van der Waals surface area contributed by atoms with Crippen molar-refractivity contribution in [3.63, 3.8) is 0 Å². The lowest BCUT2D eigenvalue weighted by Crippen LogP contribution is -2.13. The predicted octanol–water partition coefficient (Wildman–Crippen LogP) is 2.93. The van der Waals surface area contributed by atoms with E-state index in [0.717, 1.165) is 0 Å². The van der Waals surface area contributed by atoms with Gasteiger partial charge in [0.1, 0.15) is 0 Å². The van der Waals surface area contributed by atoms with Crippen LogP contribution in [0.4, 0.5) is 5.69 Å². The number of esters is 1. The Morgan fingerprint density at radius 1 is 1.16 bits per heavy atom. The third-order valence-corrected chi connectivity index (χ3v) is 4.81. The van der Waals surface area contributed by atoms with Gasteiger partial charge in [-0.2, -0.15) is 0 Å². The van der Waals surface area contributed by atoms with Crippen LogP contribution in [0.3, 0.4) is 0 Å². The standard InChI is InChI=1S/C17H14N2O5S/c1-23-17(20)12-5-7-15(8-6-12)25(21,22)19-14-4-2-3-13(9-14)16-10-18-11-24-16/h2-11,19H,1H3. The fraction of sp³-hybridized carbons (Fsp3) is 0.0588. The highest BCUT2D eigenvalue weighted by molar-refractivity contribution is 7.92. The van der Waals surface area contributed by atoms with E-state index in [1.165, 1.54) is 37.8 Å². The average Bonchev–Trinajstić information content (AvgIpc) is 3.16. The Morgan fingerprint density at radius 3 is 2.56 bits per heavy atom. The van der Waals surface area contributed by atoms with Crippen molar-refractivity contribution in [1.82, 2.24) is 4.98 Å². The van der Waals surface area contributed by atoms with Crippen molar-refractivity contribution in [1.29, 1.82) is 0 Å². The Kier molecular flexibility index (Phi) is 4.53. The molecule has 0 amide bonds. The maximum Gasteiger partial charge on any atom is 0.337 e. The van der Waals surface area contributed by atoms with Gasteiger partial charge in [0, 0.05) is 11.3 Å². The van der Waals surface area contributed by atoms with Crippen molar-refractivity contribution in [3.8, 4) is 11.3 Å². The zero-order valence-corrected chi connectivity index (χ0v) is 14.0. The molecular weight excluding hydrogens is 344 g/mol. The van der Waals surface area contributed by atoms with Crippen molar-refractivity contribution < 1.29 is 22.4 Å². The van der Waals surface area contributed by atoms with Crippen molar-refractivity contribution in [3.05, 3.63) is 66.7 Å². The minimum Gasteiger partial charge on any atom is -0.465 e. The molecule has 0 saturated carbocycles. The summed E-state index contributed by atoms with van der Waals surface area (Å²) >= 11 is 0. The number of rotatable bonds is 5. The van der Waals surface area contributed by atoms with Crippen molar-refractivity contribution in [2.45, 2.75) is 4.90 Å². The Balaban J connectivity index is 1.84. The van der Waals surface area contributed by atoms with Crippen molar-refractivity contribution in [2.75, 3.05) is 11.8 Å². The largest absolute Gasteiger partial charge is 0.465 e. The van der Waals surface area contributed by atoms with E-state index in [-0.39, 0.29) is 10.5 Å². The van der Waals surface area contributed by atoms with Gasteiger partial charge in [-0.05, 0) is 36.4 Å². The number of methoxy groups -OCH3 is 1. The number of hydrogen-bond acceptors (Lipinski definition) is 6. The summed E-state index contributed by atoms with van der Waals surface area (Å²) in [6, 6.07) is 12.2. The molecule has 0 spiro atoms. The van der Waals surface area contributed by atoms with E-state index in [1.807, 2.05) is 0 Å². The van der Waals surface area contributed by atoms with Gasteiger partial charge < -0.3 is 9.15 Å². The molecule has 0 atom stereocenters. The van der Waals surface area contributed by atoms with Gasteiger partial charge in [0.25, 0.3) is 10.0 Å². The molecule has 3 rings (SSSR count). The van der Waals surface area contributed by atoms with E-state index >= 15 is 0 Å². The second kappa shape index (κ2) is 6.78. The van der Waals surface area contributed by atoms with Gasteiger partial charge in [-0.25, -0.2) is 18.2 Å². The van der Waals surface area contributed by atoms with Crippen LogP contribution in [-0.2, 0) is 14.8 Å². The number of nitrogens with zero attached hydrogens (tertiary/aromatic N) is 1. The summed E-state index contributed by atoms with van der Waals surface area (Å²) in [5.41, 5.74) is 1.35. The molecule has 25 heavy (non-hydrogen) atoms. The van der Waals surface area contributed by atoms with Crippen LogP contribution in [0.2, 0.25) is 0 Å². The summed E-state index contributed by atoms with van der Waals surface area (Å²) in [7, 11) is -2.54. The Morgan fingerprint density at radius 2 is 1.92 bits per heavy atom. The van der Waals surface area contributed by atoms with E-state index in [1.54, 1.807) is 30.5 Å². The van der Waals surface area contributed by atoms with Crippen LogP contribution in [0.1, 0.15) is 10.4 Å². The van der Waals surface area contributed by atoms with Gasteiger partial charge in [-0.1, -0.05) is 12.1 Å². The lowest BCUT2D eigenvalue weighted by atomic mass is 10.2. The molecule has 0 aliphatic heterocycles. The predicted molar refractivity (Wildman–Crippen MR) is 90.5 cm³/mol. The van der Waals surface area contributed by atoms with Crippen LogP contribution in [-0.4, -0.2) is 26.5 Å². The molecule has 0 saturated heterocycles. The Bertz CT molecular complexity index is 980. The maximum absolute atomic E-state index is 12.5. The van der Waals surface area contributed by atoms with E-state index < -0.39 is 16.0 Å². The first-order chi connectivity index (χ1) is 12.0. The molecular formula is C17H14N2O5S. The van der Waals surface area contributed by atoms with E-state index in [9.17, 15) is 13.2 Å². The third kappa shape index (κ3) is 3.69. The number of carbonyl (C=O) groups is 1. The van der Waals surface area contributed by atoms with Crippen LogP contribution in [0, 0.1) is 0 Å². The molecule has 1 heterocycles. The summed E-state index contributed by atoms with van der Waals surface area (Å²) in [4.78, 5) is 15.3. The minimum absolute atomic E-state index is 0.0326. The van der Waals surface area contributed by atoms with Crippen LogP contribution < -0.4 is 4.72 Å². The topological polar surface area (TPSA) is 98.5 Å². The first kappa shape index (κ1) is 16.7. The lowest BCUT2D eigenvalue weighted by Gasteiger charge is -2.09. The Hall–Kier alpha value is -3.13. The van der Waals surface area contributed by atoms with Gasteiger partial charge in [0.15, 0.2) is 12.2 Å². The lowest BCUT2D eigenvalue weighted by molar-refractivity contribution is 0.0600. The van der Waals surface area contributed by atoms with E-state index in [0.29, 0.717) is 17.0 Å². The number of aromatic nitrogens is 1. The maximum atomic E-state index is 12.5. The molecule has 1 aromatic heterocycles. The molecule has 8 heteroatoms. The second-order valence-corrected chi connectivity index (χ2v) is 6.75. The molecule has 2 aromatic carbocycles. The monoisotopic (exact) mass is 358 g/mol. The molecule has 0 radical (unpaired) electrons. The summed E-state index contributed by atoms with van der Waals surface area (Å²) < 4.78 is 37.3. The van der Waals surface area contributed by atoms with Crippen molar-refractivity contribution >= 4 is 21.7 Å². The van der Waals surface area contributed by atoms with Crippen LogP contribution >= 0.6 is 0 Å². The molecule has 3 aromatic rings. The van der Waals surface area contributed by atoms with E-state index in [4.69, 9.17) is 4.42 Å². The van der Waals surface area contributed by atoms with Gasteiger partial charge in [0.2, 0.25) is 0 Å². The average molecular weight is 358 g/mol. The molecule has 0 aliphatic carbocycles. The fourth-order valence-electron chi connectivity index (χ4n) is 2.20. The number of ether oxygens (including phenoxy) is 1. The van der Waals surface area contributed by atoms with Crippen LogP contribution in [0.15, 0.2) is 70.4 Å². The summed E-state index contributed by atoms with van der Waals surface area (Å²) in [6.07, 6.45) is 2.84. The normalized spacial score (nSPS) is 11.1. The number of sulfonamides is 1. The summed E-state index contributed by atoms with van der Waals surface area (Å²) in [5, 5.41) is 0. The highest BCUT2D eigenvalue weighted by Gasteiger charge is 2.16. The number of nitrogens with one attached hydrogen (secondary N) is 1. The summed E-state index contributed by atoms with van der Waals surface area (Å²) in [6.45, 7) is 0. The number of anilines is 1. The molecule has 0 fully saturated rings. The van der Waals surface area contributed by atoms with Gasteiger partial charge in [-0.15, -0.1) is 0 Å². The zero-order chi connectivity index (χ0) is 17.9. The minimum atomic E-state index is -3.80. The van der Waals surface area contributed by atoms with Crippen LogP contribution in [0.5, 0.6) is 0 Å². The molecule has 128 valence electrons. The summed E-state index contributed by atoms with van der Waals surface area (Å²) in [5.74, 6) is 0.000134. The second-order valence-electron chi connectivity index (χ2n) is 5.07. The number of oxazole rings is 1. The quantitative estimate of drug-likeness (QED) is 0.704. The van der Waals surface area contributed by atoms with Gasteiger partial charge >= 0.3 is 5.97 Å². The molecule has 7 nitrogen and oxygen atoms in total. The number of hydrogen-bond donors (Lipinski definition) is 1. The highest BCUT2D eigenvalue weighted by atomic mass is 32.2. The van der Waals surface area contributed by atoms with Crippen molar-refractivity contribution in [2.24, 2.45) is 0 Å². The first-order valence-electron chi connectivity index (χ1n) is 7.20. The van der Waals surface area contributed by atoms with Gasteiger partial charge in [0.05, 0.1) is 23.8 Å². The fourth-order valence-corrected chi connectivity index (χ4v) is 3.25. The smallest absolute Gasteiger partial charge is 0.337 e. The Labute approximate surface area is 144 Å². The third-order valence-electron chi connectivity index (χ3n) is 3.42. The first-order valence-corrected chi connectivity index (χ1v) is 8.68. The number of benzene rings is 2. The zero-order valence-electron chi connectivity index (χ0n) is 13.2. The van der Waals surface area contributed by atoms with Crippen LogP contribution in [0.25, 0.3) is 11.3 Å².